The van der Waals surface area contributed by atoms with E-state index in [4.69, 9.17) is 4.74 Å². The molecule has 0 bridgehead atoms. The molecule has 2 unspecified atom stereocenters. The molecule has 2 heterocycles. The van der Waals surface area contributed by atoms with Gasteiger partial charge in [0.05, 0.1) is 18.8 Å². The van der Waals surface area contributed by atoms with Crippen LogP contribution in [-0.2, 0) is 4.74 Å². The molecule has 106 valence electrons. The van der Waals surface area contributed by atoms with Gasteiger partial charge in [-0.15, -0.1) is 0 Å². The summed E-state index contributed by atoms with van der Waals surface area (Å²) in [6.45, 7) is 9.16. The highest BCUT2D eigenvalue weighted by atomic mass is 16.5. The second-order valence-electron chi connectivity index (χ2n) is 5.48. The van der Waals surface area contributed by atoms with Crippen LogP contribution in [0.3, 0.4) is 0 Å². The van der Waals surface area contributed by atoms with Crippen LogP contribution in [0.2, 0.25) is 0 Å². The fourth-order valence-electron chi connectivity index (χ4n) is 2.76. The van der Waals surface area contributed by atoms with Gasteiger partial charge in [0, 0.05) is 31.0 Å². The summed E-state index contributed by atoms with van der Waals surface area (Å²) in [5, 5.41) is 3.24. The van der Waals surface area contributed by atoms with Gasteiger partial charge in [-0.2, -0.15) is 0 Å². The summed E-state index contributed by atoms with van der Waals surface area (Å²) < 4.78 is 5.96. The predicted molar refractivity (Wildman–Crippen MR) is 77.2 cm³/mol. The largest absolute Gasteiger partial charge is 0.374 e. The van der Waals surface area contributed by atoms with Crippen LogP contribution in [0, 0.1) is 6.92 Å². The van der Waals surface area contributed by atoms with Gasteiger partial charge in [0.25, 0.3) is 0 Å². The number of aromatic nitrogens is 1. The first-order valence-electron chi connectivity index (χ1n) is 7.08. The lowest BCUT2D eigenvalue weighted by molar-refractivity contribution is -0.0816. The van der Waals surface area contributed by atoms with E-state index in [1.807, 2.05) is 20.2 Å². The Kier molecular flexibility index (Phi) is 4.91. The van der Waals surface area contributed by atoms with Crippen molar-refractivity contribution in [1.29, 1.82) is 0 Å². The Morgan fingerprint density at radius 3 is 2.84 bits per heavy atom. The van der Waals surface area contributed by atoms with E-state index in [0.29, 0.717) is 6.04 Å². The first-order chi connectivity index (χ1) is 9.13. The van der Waals surface area contributed by atoms with Gasteiger partial charge in [-0.1, -0.05) is 6.07 Å². The SMILES string of the molecule is CNCC1OCCN(C(C)C)C1c1ccc(C)nc1. The van der Waals surface area contributed by atoms with E-state index < -0.39 is 0 Å². The highest BCUT2D eigenvalue weighted by molar-refractivity contribution is 5.20. The average molecular weight is 263 g/mol. The molecule has 2 rings (SSSR count). The van der Waals surface area contributed by atoms with Gasteiger partial charge in [0.1, 0.15) is 0 Å². The number of hydrogen-bond acceptors (Lipinski definition) is 4. The number of nitrogens with zero attached hydrogens (tertiary/aromatic N) is 2. The molecule has 1 aromatic rings. The summed E-state index contributed by atoms with van der Waals surface area (Å²) in [5.74, 6) is 0. The summed E-state index contributed by atoms with van der Waals surface area (Å²) in [4.78, 5) is 6.95. The maximum absolute atomic E-state index is 5.96. The van der Waals surface area contributed by atoms with Crippen LogP contribution < -0.4 is 5.32 Å². The first-order valence-corrected chi connectivity index (χ1v) is 7.08. The third kappa shape index (κ3) is 3.32. The molecule has 1 saturated heterocycles. The Labute approximate surface area is 116 Å². The van der Waals surface area contributed by atoms with E-state index in [2.05, 4.69) is 41.2 Å². The second-order valence-corrected chi connectivity index (χ2v) is 5.48. The van der Waals surface area contributed by atoms with E-state index >= 15 is 0 Å². The van der Waals surface area contributed by atoms with Crippen molar-refractivity contribution in [3.05, 3.63) is 29.6 Å². The molecule has 0 amide bonds. The number of hydrogen-bond donors (Lipinski definition) is 1. The molecule has 1 aromatic heterocycles. The molecule has 0 radical (unpaired) electrons. The number of nitrogens with one attached hydrogen (secondary N) is 1. The fourth-order valence-corrected chi connectivity index (χ4v) is 2.76. The first kappa shape index (κ1) is 14.4. The maximum atomic E-state index is 5.96. The van der Waals surface area contributed by atoms with E-state index in [1.54, 1.807) is 0 Å². The Morgan fingerprint density at radius 2 is 2.26 bits per heavy atom. The second kappa shape index (κ2) is 6.46. The van der Waals surface area contributed by atoms with Crippen molar-refractivity contribution >= 4 is 0 Å². The molecule has 1 fully saturated rings. The van der Waals surface area contributed by atoms with Crippen molar-refractivity contribution in [2.75, 3.05) is 26.7 Å². The Morgan fingerprint density at radius 1 is 1.47 bits per heavy atom. The van der Waals surface area contributed by atoms with E-state index in [-0.39, 0.29) is 12.1 Å². The average Bonchev–Trinajstić information content (AvgIpc) is 2.40. The van der Waals surface area contributed by atoms with Crippen LogP contribution in [0.5, 0.6) is 0 Å². The minimum absolute atomic E-state index is 0.186. The van der Waals surface area contributed by atoms with Crippen LogP contribution >= 0.6 is 0 Å². The van der Waals surface area contributed by atoms with Gasteiger partial charge in [0.2, 0.25) is 0 Å². The standard InChI is InChI=1S/C15H25N3O/c1-11(2)18-7-8-19-14(10-16-4)15(18)13-6-5-12(3)17-9-13/h5-6,9,11,14-16H,7-8,10H2,1-4H3. The number of rotatable bonds is 4. The molecule has 1 N–H and O–H groups in total. The normalized spacial score (nSPS) is 24.9. The highest BCUT2D eigenvalue weighted by Crippen LogP contribution is 2.30. The molecule has 0 spiro atoms. The van der Waals surface area contributed by atoms with Crippen molar-refractivity contribution in [3.8, 4) is 0 Å². The monoisotopic (exact) mass is 263 g/mol. The van der Waals surface area contributed by atoms with E-state index in [0.717, 1.165) is 25.4 Å². The van der Waals surface area contributed by atoms with Crippen molar-refractivity contribution < 1.29 is 4.74 Å². The van der Waals surface area contributed by atoms with Gasteiger partial charge in [-0.3, -0.25) is 9.88 Å². The molecular formula is C15H25N3O. The molecule has 0 aliphatic carbocycles. The number of aryl methyl sites for hydroxylation is 1. The van der Waals surface area contributed by atoms with E-state index in [1.165, 1.54) is 5.56 Å². The van der Waals surface area contributed by atoms with Crippen molar-refractivity contribution in [2.45, 2.75) is 39.0 Å². The quantitative estimate of drug-likeness (QED) is 0.898. The van der Waals surface area contributed by atoms with Crippen molar-refractivity contribution in [1.82, 2.24) is 15.2 Å². The molecule has 19 heavy (non-hydrogen) atoms. The summed E-state index contributed by atoms with van der Waals surface area (Å²) in [7, 11) is 1.97. The predicted octanol–water partition coefficient (Wildman–Crippen LogP) is 1.76. The zero-order valence-corrected chi connectivity index (χ0v) is 12.4. The third-order valence-corrected chi connectivity index (χ3v) is 3.74. The summed E-state index contributed by atoms with van der Waals surface area (Å²) in [5.41, 5.74) is 2.31. The van der Waals surface area contributed by atoms with Gasteiger partial charge in [-0.25, -0.2) is 0 Å². The Balaban J connectivity index is 2.28. The molecule has 1 aliphatic rings. The number of morpholine rings is 1. The Hall–Kier alpha value is -0.970. The van der Waals surface area contributed by atoms with Crippen molar-refractivity contribution in [2.24, 2.45) is 0 Å². The molecule has 0 aromatic carbocycles. The molecule has 4 heteroatoms. The summed E-state index contributed by atoms with van der Waals surface area (Å²) >= 11 is 0. The molecule has 1 aliphatic heterocycles. The van der Waals surface area contributed by atoms with Crippen LogP contribution in [0.25, 0.3) is 0 Å². The summed E-state index contributed by atoms with van der Waals surface area (Å²) in [6.07, 6.45) is 2.18. The van der Waals surface area contributed by atoms with Crippen molar-refractivity contribution in [3.63, 3.8) is 0 Å². The smallest absolute Gasteiger partial charge is 0.0897 e. The summed E-state index contributed by atoms with van der Waals surface area (Å²) in [6, 6.07) is 5.06. The maximum Gasteiger partial charge on any atom is 0.0897 e. The van der Waals surface area contributed by atoms with Crippen LogP contribution in [-0.4, -0.2) is 48.8 Å². The third-order valence-electron chi connectivity index (χ3n) is 3.74. The number of pyridine rings is 1. The molecule has 2 atom stereocenters. The van der Waals surface area contributed by atoms with Gasteiger partial charge >= 0.3 is 0 Å². The van der Waals surface area contributed by atoms with Gasteiger partial charge in [-0.05, 0) is 39.4 Å². The zero-order chi connectivity index (χ0) is 13.8. The zero-order valence-electron chi connectivity index (χ0n) is 12.4. The molecule has 4 nitrogen and oxygen atoms in total. The van der Waals surface area contributed by atoms with E-state index in [9.17, 15) is 0 Å². The lowest BCUT2D eigenvalue weighted by Crippen LogP contribution is -2.51. The van der Waals surface area contributed by atoms with Crippen LogP contribution in [0.4, 0.5) is 0 Å². The van der Waals surface area contributed by atoms with Crippen LogP contribution in [0.15, 0.2) is 18.3 Å². The Bertz CT molecular complexity index is 389. The molecular weight excluding hydrogens is 238 g/mol. The minimum Gasteiger partial charge on any atom is -0.374 e. The lowest BCUT2D eigenvalue weighted by Gasteiger charge is -2.43. The van der Waals surface area contributed by atoms with Crippen LogP contribution in [0.1, 0.15) is 31.1 Å². The topological polar surface area (TPSA) is 37.4 Å². The fraction of sp³-hybridized carbons (Fsp3) is 0.667. The number of ether oxygens (including phenoxy) is 1. The highest BCUT2D eigenvalue weighted by Gasteiger charge is 2.34. The van der Waals surface area contributed by atoms with Gasteiger partial charge in [0.15, 0.2) is 0 Å². The molecule has 0 saturated carbocycles. The lowest BCUT2D eigenvalue weighted by atomic mass is 9.97. The number of likely N-dealkylation sites (N-methyl/N-ethyl adjacent to an activating group) is 1. The minimum atomic E-state index is 0.186. The van der Waals surface area contributed by atoms with Gasteiger partial charge < -0.3 is 10.1 Å².